The second-order valence-corrected chi connectivity index (χ2v) is 24.5. The molecule has 0 aromatic carbocycles. The Morgan fingerprint density at radius 1 is 0.844 bits per heavy atom. The molecule has 1 aliphatic rings. The predicted molar refractivity (Wildman–Crippen MR) is 144 cm³/mol. The fraction of sp³-hybridized carbons (Fsp3) is 0.963. The first-order valence-corrected chi connectivity index (χ1v) is 17.5. The molecular formula is C27H56O3Si2. The van der Waals surface area contributed by atoms with E-state index in [0.29, 0.717) is 22.7 Å². The number of carbonyl (C=O) groups is 1. The average molecular weight is 485 g/mol. The van der Waals surface area contributed by atoms with Gasteiger partial charge in [-0.3, -0.25) is 0 Å². The van der Waals surface area contributed by atoms with Crippen LogP contribution in [0.25, 0.3) is 0 Å². The summed E-state index contributed by atoms with van der Waals surface area (Å²) in [6.45, 7) is 29.2. The molecule has 0 aromatic heterocycles. The summed E-state index contributed by atoms with van der Waals surface area (Å²) in [7, 11) is -4.87. The molecule has 0 bridgehead atoms. The van der Waals surface area contributed by atoms with Gasteiger partial charge in [0.15, 0.2) is 8.32 Å². The molecule has 0 heterocycles. The van der Waals surface area contributed by atoms with Gasteiger partial charge in [0.1, 0.15) is 6.29 Å². The lowest BCUT2D eigenvalue weighted by Gasteiger charge is -2.54. The molecule has 0 aromatic rings. The molecule has 0 radical (unpaired) electrons. The lowest BCUT2D eigenvalue weighted by atomic mass is 9.70. The molecule has 1 N–H and O–H groups in total. The van der Waals surface area contributed by atoms with E-state index >= 15 is 0 Å². The van der Waals surface area contributed by atoms with E-state index in [2.05, 4.69) is 90.0 Å². The van der Waals surface area contributed by atoms with Crippen molar-refractivity contribution in [1.29, 1.82) is 0 Å². The van der Waals surface area contributed by atoms with Gasteiger partial charge in [0.2, 0.25) is 8.32 Å². The molecule has 3 atom stereocenters. The molecule has 5 heteroatoms. The molecular weight excluding hydrogens is 428 g/mol. The first kappa shape index (κ1) is 30.1. The van der Waals surface area contributed by atoms with Gasteiger partial charge in [-0.05, 0) is 51.5 Å². The summed E-state index contributed by atoms with van der Waals surface area (Å²) in [6, 6.07) is 0.612. The third-order valence-corrected chi connectivity index (χ3v) is 21.4. The van der Waals surface area contributed by atoms with Gasteiger partial charge in [-0.25, -0.2) is 0 Å². The van der Waals surface area contributed by atoms with Gasteiger partial charge in [-0.2, -0.15) is 0 Å². The van der Waals surface area contributed by atoms with Crippen LogP contribution in [0.3, 0.4) is 0 Å². The normalized spacial score (nSPS) is 23.7. The maximum Gasteiger partial charge on any atom is 0.200 e. The zero-order chi connectivity index (χ0) is 25.3. The van der Waals surface area contributed by atoms with E-state index in [1.165, 1.54) is 12.7 Å². The van der Waals surface area contributed by atoms with Crippen molar-refractivity contribution in [3.8, 4) is 0 Å². The fourth-order valence-corrected chi connectivity index (χ4v) is 17.5. The van der Waals surface area contributed by atoms with Crippen LogP contribution in [0.15, 0.2) is 0 Å². The summed E-state index contributed by atoms with van der Waals surface area (Å²) < 4.78 is 7.32. The Balaban J connectivity index is 3.48. The van der Waals surface area contributed by atoms with Crippen LogP contribution in [-0.2, 0) is 9.22 Å². The van der Waals surface area contributed by atoms with Crippen molar-refractivity contribution in [3.05, 3.63) is 0 Å². The van der Waals surface area contributed by atoms with E-state index in [-0.39, 0.29) is 22.1 Å². The highest BCUT2D eigenvalue weighted by Gasteiger charge is 2.58. The quantitative estimate of drug-likeness (QED) is 0.263. The topological polar surface area (TPSA) is 46.5 Å². The molecule has 1 saturated carbocycles. The minimum atomic E-state index is -2.82. The van der Waals surface area contributed by atoms with Crippen LogP contribution in [0.5, 0.6) is 0 Å². The average Bonchev–Trinajstić information content (AvgIpc) is 2.63. The first-order valence-electron chi connectivity index (χ1n) is 13.2. The number of rotatable bonds is 9. The van der Waals surface area contributed by atoms with Crippen molar-refractivity contribution in [2.24, 2.45) is 11.3 Å². The first-order chi connectivity index (χ1) is 14.3. The van der Waals surface area contributed by atoms with E-state index in [1.54, 1.807) is 0 Å². The van der Waals surface area contributed by atoms with Gasteiger partial charge >= 0.3 is 0 Å². The van der Waals surface area contributed by atoms with Crippen LogP contribution >= 0.6 is 0 Å². The van der Waals surface area contributed by atoms with Gasteiger partial charge in [-0.15, -0.1) is 0 Å². The summed E-state index contributed by atoms with van der Waals surface area (Å²) in [6.07, 6.45) is 5.71. The van der Waals surface area contributed by atoms with Crippen molar-refractivity contribution in [1.82, 2.24) is 0 Å². The smallest absolute Gasteiger partial charge is 0.200 e. The molecule has 0 unspecified atom stereocenters. The Morgan fingerprint density at radius 2 is 1.25 bits per heavy atom. The molecule has 1 aliphatic carbocycles. The van der Waals surface area contributed by atoms with Gasteiger partial charge in [0, 0.05) is 11.5 Å². The van der Waals surface area contributed by atoms with Crippen molar-refractivity contribution < 1.29 is 14.0 Å². The van der Waals surface area contributed by atoms with Crippen LogP contribution in [0.1, 0.15) is 116 Å². The molecule has 0 amide bonds. The summed E-state index contributed by atoms with van der Waals surface area (Å²) in [5, 5.41) is -0.403. The second-order valence-electron chi connectivity index (χ2n) is 14.0. The van der Waals surface area contributed by atoms with E-state index < -0.39 is 22.0 Å². The lowest BCUT2D eigenvalue weighted by molar-refractivity contribution is -0.121. The van der Waals surface area contributed by atoms with E-state index in [1.807, 2.05) is 0 Å². The largest absolute Gasteiger partial charge is 0.431 e. The number of hydrogen-bond acceptors (Lipinski definition) is 3. The summed E-state index contributed by atoms with van der Waals surface area (Å²) in [5.41, 5.74) is 1.03. The highest BCUT2D eigenvalue weighted by atomic mass is 28.4. The van der Waals surface area contributed by atoms with E-state index in [0.717, 1.165) is 19.3 Å². The molecule has 32 heavy (non-hydrogen) atoms. The van der Waals surface area contributed by atoms with Crippen LogP contribution in [0.2, 0.25) is 32.7 Å². The Morgan fingerprint density at radius 3 is 1.59 bits per heavy atom. The maximum atomic E-state index is 12.8. The number of hydrogen-bond donors (Lipinski definition) is 1. The van der Waals surface area contributed by atoms with Gasteiger partial charge in [-0.1, -0.05) is 103 Å². The molecule has 1 fully saturated rings. The zero-order valence-electron chi connectivity index (χ0n) is 23.8. The summed E-state index contributed by atoms with van der Waals surface area (Å²) in [5.74, 6) is 0.181. The Hall–Kier alpha value is 0.0238. The van der Waals surface area contributed by atoms with E-state index in [4.69, 9.17) is 4.43 Å². The molecule has 190 valence electrons. The Bertz CT molecular complexity index is 580. The lowest BCUT2D eigenvalue weighted by Crippen LogP contribution is -2.58. The number of carbonyl (C=O) groups excluding carboxylic acids is 1. The Labute approximate surface area is 202 Å². The molecule has 0 spiro atoms. The zero-order valence-corrected chi connectivity index (χ0v) is 25.8. The summed E-state index contributed by atoms with van der Waals surface area (Å²) >= 11 is 0. The molecule has 0 saturated heterocycles. The number of aldehydes is 1. The molecule has 1 rings (SSSR count). The highest BCUT2D eigenvalue weighted by Crippen LogP contribution is 2.57. The monoisotopic (exact) mass is 484 g/mol. The fourth-order valence-electron chi connectivity index (χ4n) is 7.13. The third-order valence-electron chi connectivity index (χ3n) is 9.00. The highest BCUT2D eigenvalue weighted by molar-refractivity contribution is 6.78. The maximum absolute atomic E-state index is 12.8. The van der Waals surface area contributed by atoms with E-state index in [9.17, 15) is 9.59 Å². The van der Waals surface area contributed by atoms with Crippen LogP contribution in [0.4, 0.5) is 0 Å². The van der Waals surface area contributed by atoms with Crippen LogP contribution in [-0.4, -0.2) is 33.8 Å². The van der Waals surface area contributed by atoms with Gasteiger partial charge in [0.05, 0.1) is 0 Å². The second kappa shape index (κ2) is 10.3. The SMILES string of the molecule is CC(C)[Si](O[C@@H]1CCCC[C@H]1[C@@](C)(C=O)C[Si](O)(C(C)(C)C)C(C)(C)C)(C(C)C)C(C)C. The van der Waals surface area contributed by atoms with Crippen LogP contribution in [0, 0.1) is 11.3 Å². The Kier molecular flexibility index (Phi) is 9.70. The molecule has 3 nitrogen and oxygen atoms in total. The predicted octanol–water partition coefficient (Wildman–Crippen LogP) is 8.48. The van der Waals surface area contributed by atoms with Gasteiger partial charge in [0.25, 0.3) is 0 Å². The van der Waals surface area contributed by atoms with Crippen molar-refractivity contribution in [2.75, 3.05) is 0 Å². The molecule has 0 aliphatic heterocycles. The third kappa shape index (κ3) is 5.63. The minimum Gasteiger partial charge on any atom is -0.431 e. The van der Waals surface area contributed by atoms with Gasteiger partial charge < -0.3 is 14.0 Å². The van der Waals surface area contributed by atoms with Crippen LogP contribution < -0.4 is 0 Å². The minimum absolute atomic E-state index is 0.121. The van der Waals surface area contributed by atoms with Crippen molar-refractivity contribution in [2.45, 2.75) is 155 Å². The summed E-state index contributed by atoms with van der Waals surface area (Å²) in [4.78, 5) is 25.1. The van der Waals surface area contributed by atoms with Crippen molar-refractivity contribution >= 4 is 22.9 Å². The standard InChI is InChI=1S/C27H56O3Si2/c1-20(2)32(21(3)4,22(5)6)30-24-17-15-14-16-23(24)27(13,18-28)19-31(29,25(7,8)9)26(10,11)12/h18,20-24,29H,14-17,19H2,1-13H3/t23-,24-,27+/m1/s1. The van der Waals surface area contributed by atoms with Crippen molar-refractivity contribution in [3.63, 3.8) is 0 Å².